The van der Waals surface area contributed by atoms with Gasteiger partial charge in [-0.3, -0.25) is 4.79 Å². The van der Waals surface area contributed by atoms with E-state index in [-0.39, 0.29) is 23.7 Å². The molecule has 7 nitrogen and oxygen atoms in total. The molecule has 184 valence electrons. The fourth-order valence-corrected chi connectivity index (χ4v) is 4.21. The molecule has 2 amide bonds. The highest BCUT2D eigenvalue weighted by Crippen LogP contribution is 2.33. The minimum absolute atomic E-state index is 0.0199. The predicted molar refractivity (Wildman–Crippen MR) is 132 cm³/mol. The molecule has 4 rings (SSSR count). The third-order valence-electron chi connectivity index (χ3n) is 5.97. The Morgan fingerprint density at radius 3 is 2.26 bits per heavy atom. The van der Waals surface area contributed by atoms with Crippen LogP contribution in [0.5, 0.6) is 0 Å². The number of halogens is 1. The fourth-order valence-electron chi connectivity index (χ4n) is 4.21. The maximum absolute atomic E-state index is 13.3. The van der Waals surface area contributed by atoms with Crippen LogP contribution in [0.25, 0.3) is 5.69 Å². The van der Waals surface area contributed by atoms with Gasteiger partial charge in [-0.2, -0.15) is 5.10 Å². The summed E-state index contributed by atoms with van der Waals surface area (Å²) in [5.41, 5.74) is 3.21. The number of likely N-dealkylation sites (tertiary alicyclic amines) is 1. The number of nitrogens with one attached hydrogen (secondary N) is 1. The standard InChI is InChI=1S/C27H31FN4O3/c1-18-5-11-22(12-6-18)32-24(19-13-15-31(16-14-19)26(34)35-27(2,3)4)23(17-29-32)25(33)30-21-9-7-20(28)8-10-21/h5-12,17,19H,13-16H2,1-4H3,(H,30,33). The molecule has 1 N–H and O–H groups in total. The van der Waals surface area contributed by atoms with Crippen LogP contribution in [0, 0.1) is 12.7 Å². The molecule has 0 aliphatic carbocycles. The molecule has 1 aliphatic rings. The molecule has 1 aliphatic heterocycles. The van der Waals surface area contributed by atoms with Crippen LogP contribution >= 0.6 is 0 Å². The molecule has 3 aromatic rings. The number of anilines is 1. The highest BCUT2D eigenvalue weighted by atomic mass is 19.1. The minimum atomic E-state index is -0.552. The number of carbonyl (C=O) groups is 2. The number of ether oxygens (including phenoxy) is 1. The molecule has 1 fully saturated rings. The third-order valence-corrected chi connectivity index (χ3v) is 5.97. The summed E-state index contributed by atoms with van der Waals surface area (Å²) in [7, 11) is 0. The summed E-state index contributed by atoms with van der Waals surface area (Å²) in [5, 5.41) is 7.41. The number of piperidine rings is 1. The van der Waals surface area contributed by atoms with Crippen molar-refractivity contribution in [2.75, 3.05) is 18.4 Å². The second kappa shape index (κ2) is 9.90. The van der Waals surface area contributed by atoms with Crippen LogP contribution in [0.15, 0.2) is 54.7 Å². The predicted octanol–water partition coefficient (Wildman–Crippen LogP) is 5.69. The molecule has 1 saturated heterocycles. The van der Waals surface area contributed by atoms with Crippen LogP contribution in [0.4, 0.5) is 14.9 Å². The van der Waals surface area contributed by atoms with E-state index in [1.54, 1.807) is 11.1 Å². The van der Waals surface area contributed by atoms with Crippen LogP contribution in [0.2, 0.25) is 0 Å². The zero-order valence-corrected chi connectivity index (χ0v) is 20.5. The zero-order valence-electron chi connectivity index (χ0n) is 20.5. The second-order valence-electron chi connectivity index (χ2n) is 9.89. The molecule has 0 unspecified atom stereocenters. The van der Waals surface area contributed by atoms with Gasteiger partial charge < -0.3 is 15.0 Å². The Balaban J connectivity index is 1.60. The highest BCUT2D eigenvalue weighted by Gasteiger charge is 2.32. The monoisotopic (exact) mass is 478 g/mol. The first-order valence-corrected chi connectivity index (χ1v) is 11.8. The Morgan fingerprint density at radius 1 is 1.03 bits per heavy atom. The Labute approximate surface area is 204 Å². The van der Waals surface area contributed by atoms with E-state index in [0.717, 1.165) is 16.9 Å². The first-order chi connectivity index (χ1) is 16.6. The highest BCUT2D eigenvalue weighted by molar-refractivity contribution is 6.05. The van der Waals surface area contributed by atoms with Crippen molar-refractivity contribution in [3.05, 3.63) is 77.4 Å². The van der Waals surface area contributed by atoms with Gasteiger partial charge >= 0.3 is 6.09 Å². The molecular formula is C27H31FN4O3. The fraction of sp³-hybridized carbons (Fsp3) is 0.370. The number of rotatable bonds is 4. The van der Waals surface area contributed by atoms with Crippen LogP contribution in [-0.4, -0.2) is 45.4 Å². The minimum Gasteiger partial charge on any atom is -0.444 e. The maximum atomic E-state index is 13.3. The SMILES string of the molecule is Cc1ccc(-n2ncc(C(=O)Nc3ccc(F)cc3)c2C2CCN(C(=O)OC(C)(C)C)CC2)cc1. The van der Waals surface area contributed by atoms with E-state index in [1.165, 1.54) is 24.3 Å². The average molecular weight is 479 g/mol. The molecule has 0 radical (unpaired) electrons. The molecule has 35 heavy (non-hydrogen) atoms. The van der Waals surface area contributed by atoms with Gasteiger partial charge in [-0.05, 0) is 76.9 Å². The second-order valence-corrected chi connectivity index (χ2v) is 9.89. The van der Waals surface area contributed by atoms with Crippen molar-refractivity contribution in [2.24, 2.45) is 0 Å². The van der Waals surface area contributed by atoms with Crippen LogP contribution < -0.4 is 5.32 Å². The smallest absolute Gasteiger partial charge is 0.410 e. The lowest BCUT2D eigenvalue weighted by molar-refractivity contribution is 0.0203. The number of amides is 2. The zero-order chi connectivity index (χ0) is 25.2. The molecule has 0 spiro atoms. The van der Waals surface area contributed by atoms with E-state index in [1.807, 2.05) is 56.6 Å². The molecule has 0 atom stereocenters. The Morgan fingerprint density at radius 2 is 1.66 bits per heavy atom. The largest absolute Gasteiger partial charge is 0.444 e. The number of carbonyl (C=O) groups excluding carboxylic acids is 2. The van der Waals surface area contributed by atoms with E-state index < -0.39 is 5.60 Å². The van der Waals surface area contributed by atoms with Crippen molar-refractivity contribution in [1.82, 2.24) is 14.7 Å². The topological polar surface area (TPSA) is 76.5 Å². The lowest BCUT2D eigenvalue weighted by atomic mass is 9.90. The van der Waals surface area contributed by atoms with Gasteiger partial charge in [-0.15, -0.1) is 0 Å². The lowest BCUT2D eigenvalue weighted by Crippen LogP contribution is -2.41. The van der Waals surface area contributed by atoms with Gasteiger partial charge in [0.1, 0.15) is 11.4 Å². The number of hydrogen-bond donors (Lipinski definition) is 1. The average Bonchev–Trinajstić information content (AvgIpc) is 3.25. The van der Waals surface area contributed by atoms with Crippen molar-refractivity contribution >= 4 is 17.7 Å². The number of aryl methyl sites for hydroxylation is 1. The van der Waals surface area contributed by atoms with Gasteiger partial charge in [-0.1, -0.05) is 17.7 Å². The Bertz CT molecular complexity index is 1190. The summed E-state index contributed by atoms with van der Waals surface area (Å²) in [6.07, 6.45) is 2.60. The molecule has 0 saturated carbocycles. The summed E-state index contributed by atoms with van der Waals surface area (Å²) in [6, 6.07) is 13.6. The summed E-state index contributed by atoms with van der Waals surface area (Å²) in [6.45, 7) is 8.62. The Hall–Kier alpha value is -3.68. The third kappa shape index (κ3) is 5.88. The Kier molecular flexibility index (Phi) is 6.91. The molecule has 2 heterocycles. The molecule has 8 heteroatoms. The van der Waals surface area contributed by atoms with Crippen molar-refractivity contribution < 1.29 is 18.7 Å². The van der Waals surface area contributed by atoms with Crippen molar-refractivity contribution in [3.8, 4) is 5.69 Å². The maximum Gasteiger partial charge on any atom is 0.410 e. The molecule has 2 aromatic carbocycles. The van der Waals surface area contributed by atoms with Crippen molar-refractivity contribution in [2.45, 2.75) is 52.1 Å². The number of benzene rings is 2. The molecule has 1 aromatic heterocycles. The summed E-state index contributed by atoms with van der Waals surface area (Å²) < 4.78 is 20.6. The van der Waals surface area contributed by atoms with Gasteiger partial charge in [0.05, 0.1) is 23.1 Å². The van der Waals surface area contributed by atoms with E-state index >= 15 is 0 Å². The summed E-state index contributed by atoms with van der Waals surface area (Å²) >= 11 is 0. The van der Waals surface area contributed by atoms with Crippen LogP contribution in [0.3, 0.4) is 0 Å². The molecular weight excluding hydrogens is 447 g/mol. The number of nitrogens with zero attached hydrogens (tertiary/aromatic N) is 3. The van der Waals surface area contributed by atoms with Gasteiger partial charge in [0.25, 0.3) is 5.91 Å². The number of aromatic nitrogens is 2. The van der Waals surface area contributed by atoms with Gasteiger partial charge in [0, 0.05) is 24.7 Å². The van der Waals surface area contributed by atoms with Gasteiger partial charge in [-0.25, -0.2) is 13.9 Å². The van der Waals surface area contributed by atoms with Crippen LogP contribution in [0.1, 0.15) is 61.1 Å². The van der Waals surface area contributed by atoms with Gasteiger partial charge in [0.15, 0.2) is 0 Å². The summed E-state index contributed by atoms with van der Waals surface area (Å²) in [5.74, 6) is -0.654. The quantitative estimate of drug-likeness (QED) is 0.523. The summed E-state index contributed by atoms with van der Waals surface area (Å²) in [4.78, 5) is 27.5. The van der Waals surface area contributed by atoms with Gasteiger partial charge in [0.2, 0.25) is 0 Å². The van der Waals surface area contributed by atoms with E-state index in [0.29, 0.717) is 37.2 Å². The lowest BCUT2D eigenvalue weighted by Gasteiger charge is -2.34. The van der Waals surface area contributed by atoms with Crippen molar-refractivity contribution in [3.63, 3.8) is 0 Å². The van der Waals surface area contributed by atoms with Crippen molar-refractivity contribution in [1.29, 1.82) is 0 Å². The normalized spacial score (nSPS) is 14.6. The van der Waals surface area contributed by atoms with E-state index in [4.69, 9.17) is 4.74 Å². The van der Waals surface area contributed by atoms with E-state index in [2.05, 4.69) is 10.4 Å². The number of hydrogen-bond acceptors (Lipinski definition) is 4. The van der Waals surface area contributed by atoms with E-state index in [9.17, 15) is 14.0 Å². The first-order valence-electron chi connectivity index (χ1n) is 11.8. The molecule has 0 bridgehead atoms. The van der Waals surface area contributed by atoms with Crippen LogP contribution in [-0.2, 0) is 4.74 Å². The first kappa shape index (κ1) is 24.4.